The lowest BCUT2D eigenvalue weighted by Gasteiger charge is -2.33. The Morgan fingerprint density at radius 2 is 0.926 bits per heavy atom. The number of hydrogen-bond donors (Lipinski definition) is 0. The van der Waals surface area contributed by atoms with Gasteiger partial charge >= 0.3 is 0 Å². The van der Waals surface area contributed by atoms with Crippen molar-refractivity contribution < 1.29 is 27.8 Å². The summed E-state index contributed by atoms with van der Waals surface area (Å²) in [6.07, 6.45) is 2.96. The molecule has 6 nitrogen and oxygen atoms in total. The van der Waals surface area contributed by atoms with Gasteiger partial charge in [0.2, 0.25) is 11.8 Å². The van der Waals surface area contributed by atoms with Crippen molar-refractivity contribution in [2.75, 3.05) is 13.2 Å². The number of hydrogen-bond acceptors (Lipinski definition) is 4. The molecule has 4 aliphatic rings. The second-order valence-corrected chi connectivity index (χ2v) is 16.4. The summed E-state index contributed by atoms with van der Waals surface area (Å²) < 4.78 is 39.1. The normalized spacial score (nSPS) is 27.4. The first-order valence-corrected chi connectivity index (χ1v) is 19.5. The lowest BCUT2D eigenvalue weighted by Crippen LogP contribution is -2.46. The number of ether oxygens (including phenoxy) is 2. The van der Waals surface area contributed by atoms with Crippen LogP contribution in [-0.2, 0) is 43.0 Å². The number of halogens is 2. The highest BCUT2D eigenvalue weighted by Gasteiger charge is 2.66. The number of fused-ring (bicyclic) bond motifs is 2. The number of amides is 2. The number of rotatable bonds is 10. The molecule has 4 fully saturated rings. The minimum absolute atomic E-state index is 0.0582. The van der Waals surface area contributed by atoms with Crippen LogP contribution in [0, 0.1) is 23.5 Å². The Bertz CT molecular complexity index is 1750. The summed E-state index contributed by atoms with van der Waals surface area (Å²) >= 11 is 0. The fraction of sp³-hybridized carbons (Fsp3) is 0.435. The molecule has 0 N–H and O–H groups in total. The third kappa shape index (κ3) is 7.74. The highest BCUT2D eigenvalue weighted by Crippen LogP contribution is 2.55. The van der Waals surface area contributed by atoms with Crippen LogP contribution in [-0.4, -0.2) is 59.1 Å². The first kappa shape index (κ1) is 37.9. The molecule has 2 saturated heterocycles. The van der Waals surface area contributed by atoms with Crippen LogP contribution in [0.15, 0.2) is 109 Å². The largest absolute Gasteiger partial charge is 0.375 e. The fourth-order valence-corrected chi connectivity index (χ4v) is 8.59. The SMILES string of the molecule is CC(C)C[C@H]1CO[C@H]2C[C@@]2(c2ccc(F)cc2)C(=O)N1Cc1ccccc1.CC(C)C[C@H]1CO[C@H]2C[C@@]2(c2ccc(F)cc2)C(=O)N1Cc1ccccc1. The Balaban J connectivity index is 0.000000167. The van der Waals surface area contributed by atoms with E-state index in [-0.39, 0.29) is 47.7 Å². The van der Waals surface area contributed by atoms with Gasteiger partial charge in [-0.1, -0.05) is 113 Å². The van der Waals surface area contributed by atoms with Crippen LogP contribution >= 0.6 is 0 Å². The van der Waals surface area contributed by atoms with Gasteiger partial charge in [0.25, 0.3) is 0 Å². The number of nitrogens with zero attached hydrogens (tertiary/aromatic N) is 2. The fourth-order valence-electron chi connectivity index (χ4n) is 8.59. The summed E-state index contributed by atoms with van der Waals surface area (Å²) in [6, 6.07) is 33.0. The molecule has 0 aromatic heterocycles. The van der Waals surface area contributed by atoms with Gasteiger partial charge in [-0.2, -0.15) is 0 Å². The summed E-state index contributed by atoms with van der Waals surface area (Å²) in [5, 5.41) is 0. The van der Waals surface area contributed by atoms with Crippen LogP contribution in [0.25, 0.3) is 0 Å². The molecule has 4 aromatic carbocycles. The van der Waals surface area contributed by atoms with E-state index in [1.165, 1.54) is 24.3 Å². The molecule has 0 radical (unpaired) electrons. The Morgan fingerprint density at radius 1 is 0.574 bits per heavy atom. The summed E-state index contributed by atoms with van der Waals surface area (Å²) in [6.45, 7) is 11.0. The minimum atomic E-state index is -0.659. The number of carbonyl (C=O) groups excluding carboxylic acids is 2. The molecule has 2 aliphatic carbocycles. The van der Waals surface area contributed by atoms with Crippen LogP contribution in [0.5, 0.6) is 0 Å². The van der Waals surface area contributed by atoms with Crippen molar-refractivity contribution in [1.82, 2.24) is 9.80 Å². The maximum absolute atomic E-state index is 13.7. The molecule has 8 rings (SSSR count). The van der Waals surface area contributed by atoms with Gasteiger partial charge in [-0.3, -0.25) is 9.59 Å². The molecule has 2 amide bonds. The Kier molecular flexibility index (Phi) is 11.1. The predicted octanol–water partition coefficient (Wildman–Crippen LogP) is 8.62. The third-order valence-electron chi connectivity index (χ3n) is 11.5. The average Bonchev–Trinajstić information content (AvgIpc) is 4.09. The maximum Gasteiger partial charge on any atom is 0.236 e. The molecule has 54 heavy (non-hydrogen) atoms. The number of carbonyl (C=O) groups is 2. The zero-order valence-corrected chi connectivity index (χ0v) is 31.8. The summed E-state index contributed by atoms with van der Waals surface area (Å²) in [7, 11) is 0. The maximum atomic E-state index is 13.7. The highest BCUT2D eigenvalue weighted by atomic mass is 19.1. The summed E-state index contributed by atoms with van der Waals surface area (Å²) in [4.78, 5) is 31.5. The first-order valence-electron chi connectivity index (χ1n) is 19.5. The molecule has 2 heterocycles. The quantitative estimate of drug-likeness (QED) is 0.164. The van der Waals surface area contributed by atoms with E-state index >= 15 is 0 Å². The summed E-state index contributed by atoms with van der Waals surface area (Å²) in [5.41, 5.74) is 2.65. The second kappa shape index (κ2) is 15.8. The molecule has 0 bridgehead atoms. The van der Waals surface area contributed by atoms with Crippen molar-refractivity contribution in [2.24, 2.45) is 11.8 Å². The zero-order valence-electron chi connectivity index (χ0n) is 31.8. The summed E-state index contributed by atoms with van der Waals surface area (Å²) in [5.74, 6) is 0.611. The second-order valence-electron chi connectivity index (χ2n) is 16.4. The average molecular weight is 735 g/mol. The monoisotopic (exact) mass is 734 g/mol. The Labute approximate surface area is 318 Å². The van der Waals surface area contributed by atoms with Gasteiger partial charge in [-0.05, 0) is 84.0 Å². The van der Waals surface area contributed by atoms with Gasteiger partial charge in [-0.15, -0.1) is 0 Å². The van der Waals surface area contributed by atoms with E-state index in [4.69, 9.17) is 9.47 Å². The molecule has 2 saturated carbocycles. The van der Waals surface area contributed by atoms with E-state index in [0.29, 0.717) is 51.0 Å². The van der Waals surface area contributed by atoms with Gasteiger partial charge in [0.1, 0.15) is 22.5 Å². The van der Waals surface area contributed by atoms with Crippen LogP contribution in [0.3, 0.4) is 0 Å². The van der Waals surface area contributed by atoms with Crippen molar-refractivity contribution in [3.8, 4) is 0 Å². The van der Waals surface area contributed by atoms with Crippen LogP contribution < -0.4 is 0 Å². The lowest BCUT2D eigenvalue weighted by molar-refractivity contribution is -0.137. The first-order chi connectivity index (χ1) is 26.0. The third-order valence-corrected chi connectivity index (χ3v) is 11.5. The Hall–Kier alpha value is -4.40. The molecule has 8 heteroatoms. The predicted molar refractivity (Wildman–Crippen MR) is 205 cm³/mol. The van der Waals surface area contributed by atoms with E-state index in [1.807, 2.05) is 46.2 Å². The molecule has 6 atom stereocenters. The molecule has 0 unspecified atom stereocenters. The van der Waals surface area contributed by atoms with E-state index < -0.39 is 10.8 Å². The van der Waals surface area contributed by atoms with Gasteiger partial charge < -0.3 is 19.3 Å². The topological polar surface area (TPSA) is 59.1 Å². The molecular weight excluding hydrogens is 683 g/mol. The standard InChI is InChI=1S/2C23H26FNO2/c2*1-16(2)12-20-15-27-21-13-23(21,18-8-10-19(24)11-9-18)22(26)25(20)14-17-6-4-3-5-7-17/h2*3-11,16,20-21H,12-15H2,1-2H3/t2*20-,21-,23-/m00/s1. The van der Waals surface area contributed by atoms with E-state index in [0.717, 1.165) is 35.1 Å². The highest BCUT2D eigenvalue weighted by molar-refractivity contribution is 5.94. The van der Waals surface area contributed by atoms with Crippen molar-refractivity contribution in [3.63, 3.8) is 0 Å². The Morgan fingerprint density at radius 3 is 1.26 bits per heavy atom. The molecule has 4 aromatic rings. The van der Waals surface area contributed by atoms with Gasteiger partial charge in [-0.25, -0.2) is 8.78 Å². The molecule has 284 valence electrons. The molecule has 0 spiro atoms. The van der Waals surface area contributed by atoms with Gasteiger partial charge in [0, 0.05) is 13.1 Å². The van der Waals surface area contributed by atoms with Crippen molar-refractivity contribution in [3.05, 3.63) is 143 Å². The molecular formula is C46H52F2N2O4. The van der Waals surface area contributed by atoms with Crippen molar-refractivity contribution in [2.45, 2.75) is 102 Å². The number of benzene rings is 4. The van der Waals surface area contributed by atoms with Gasteiger partial charge in [0.15, 0.2) is 0 Å². The lowest BCUT2D eigenvalue weighted by atomic mass is 9.92. The van der Waals surface area contributed by atoms with Crippen molar-refractivity contribution >= 4 is 11.8 Å². The van der Waals surface area contributed by atoms with Crippen LogP contribution in [0.2, 0.25) is 0 Å². The molecule has 2 aliphatic heterocycles. The minimum Gasteiger partial charge on any atom is -0.375 e. The van der Waals surface area contributed by atoms with Crippen molar-refractivity contribution in [1.29, 1.82) is 0 Å². The van der Waals surface area contributed by atoms with Crippen LogP contribution in [0.1, 0.15) is 75.6 Å². The van der Waals surface area contributed by atoms with E-state index in [1.54, 1.807) is 24.3 Å². The van der Waals surface area contributed by atoms with Crippen LogP contribution in [0.4, 0.5) is 8.78 Å². The zero-order chi connectivity index (χ0) is 38.0. The van der Waals surface area contributed by atoms with E-state index in [2.05, 4.69) is 52.0 Å². The van der Waals surface area contributed by atoms with E-state index in [9.17, 15) is 18.4 Å². The smallest absolute Gasteiger partial charge is 0.236 e. The van der Waals surface area contributed by atoms with Gasteiger partial charge in [0.05, 0.1) is 37.5 Å².